The molecule has 1 aliphatic heterocycles. The Bertz CT molecular complexity index is 1040. The summed E-state index contributed by atoms with van der Waals surface area (Å²) in [6.45, 7) is 5.00. The number of thioether (sulfide) groups is 1. The van der Waals surface area contributed by atoms with E-state index in [2.05, 4.69) is 5.43 Å². The lowest BCUT2D eigenvalue weighted by atomic mass is 10.2. The predicted octanol–water partition coefficient (Wildman–Crippen LogP) is 5.07. The molecule has 9 heteroatoms. The van der Waals surface area contributed by atoms with E-state index in [-0.39, 0.29) is 14.9 Å². The van der Waals surface area contributed by atoms with Gasteiger partial charge in [-0.2, -0.15) is 5.01 Å². The van der Waals surface area contributed by atoms with Crippen LogP contribution in [0.1, 0.15) is 36.2 Å². The van der Waals surface area contributed by atoms with Crippen LogP contribution in [-0.4, -0.2) is 34.4 Å². The molecular weight excluding hydrogens is 456 g/mol. The SMILES string of the molecule is CCCOc1ccc(/C=C2\SC(=S)N(NC(=O)c3ccccc3Cl)C2=O)cc1OCC. The molecule has 0 unspecified atom stereocenters. The highest BCUT2D eigenvalue weighted by Gasteiger charge is 2.34. The minimum atomic E-state index is -0.515. The summed E-state index contributed by atoms with van der Waals surface area (Å²) in [7, 11) is 0. The van der Waals surface area contributed by atoms with Crippen LogP contribution in [0.4, 0.5) is 0 Å². The summed E-state index contributed by atoms with van der Waals surface area (Å²) in [6.07, 6.45) is 2.59. The quantitative estimate of drug-likeness (QED) is 0.423. The van der Waals surface area contributed by atoms with E-state index in [1.165, 1.54) is 0 Å². The first-order valence-electron chi connectivity index (χ1n) is 9.67. The van der Waals surface area contributed by atoms with Crippen LogP contribution in [0.5, 0.6) is 11.5 Å². The molecule has 0 saturated carbocycles. The molecule has 0 atom stereocenters. The zero-order chi connectivity index (χ0) is 22.4. The van der Waals surface area contributed by atoms with Crippen molar-refractivity contribution < 1.29 is 19.1 Å². The second kappa shape index (κ2) is 10.7. The van der Waals surface area contributed by atoms with Crippen LogP contribution in [0, 0.1) is 0 Å². The van der Waals surface area contributed by atoms with Gasteiger partial charge in [-0.15, -0.1) is 0 Å². The highest BCUT2D eigenvalue weighted by Crippen LogP contribution is 2.34. The van der Waals surface area contributed by atoms with Gasteiger partial charge in [-0.3, -0.25) is 15.0 Å². The van der Waals surface area contributed by atoms with Gasteiger partial charge in [0.05, 0.1) is 28.7 Å². The average Bonchev–Trinajstić information content (AvgIpc) is 3.01. The molecule has 2 aromatic rings. The molecule has 162 valence electrons. The van der Waals surface area contributed by atoms with Gasteiger partial charge in [0.1, 0.15) is 0 Å². The lowest BCUT2D eigenvalue weighted by molar-refractivity contribution is -0.123. The van der Waals surface area contributed by atoms with Crippen molar-refractivity contribution in [2.24, 2.45) is 0 Å². The van der Waals surface area contributed by atoms with Crippen molar-refractivity contribution in [2.45, 2.75) is 20.3 Å². The Labute approximate surface area is 195 Å². The molecule has 0 spiro atoms. The van der Waals surface area contributed by atoms with E-state index in [0.717, 1.165) is 28.8 Å². The lowest BCUT2D eigenvalue weighted by Gasteiger charge is -2.16. The molecule has 0 aromatic heterocycles. The molecule has 3 rings (SSSR count). The molecule has 0 radical (unpaired) electrons. The zero-order valence-corrected chi connectivity index (χ0v) is 19.4. The summed E-state index contributed by atoms with van der Waals surface area (Å²) in [5, 5.41) is 1.34. The molecule has 2 amide bonds. The maximum Gasteiger partial charge on any atom is 0.285 e. The second-order valence-electron chi connectivity index (χ2n) is 6.43. The largest absolute Gasteiger partial charge is 0.490 e. The van der Waals surface area contributed by atoms with Gasteiger partial charge in [0.15, 0.2) is 15.8 Å². The van der Waals surface area contributed by atoms with Crippen molar-refractivity contribution in [2.75, 3.05) is 13.2 Å². The number of amides is 2. The summed E-state index contributed by atoms with van der Waals surface area (Å²) >= 11 is 12.4. The van der Waals surface area contributed by atoms with Crippen LogP contribution in [0.25, 0.3) is 6.08 Å². The normalized spacial score (nSPS) is 14.8. The Morgan fingerprint density at radius 1 is 1.19 bits per heavy atom. The molecule has 1 fully saturated rings. The van der Waals surface area contributed by atoms with Crippen LogP contribution in [0.2, 0.25) is 5.02 Å². The first-order valence-corrected chi connectivity index (χ1v) is 11.3. The van der Waals surface area contributed by atoms with Crippen molar-refractivity contribution in [1.29, 1.82) is 0 Å². The standard InChI is InChI=1S/C22H21ClN2O4S2/c1-3-11-29-17-10-9-14(12-18(17)28-4-2)13-19-21(27)25(22(30)31-19)24-20(26)15-7-5-6-8-16(15)23/h5-10,12-13H,3-4,11H2,1-2H3,(H,24,26)/b19-13-. The average molecular weight is 477 g/mol. The van der Waals surface area contributed by atoms with Crippen molar-refractivity contribution in [3.05, 3.63) is 63.5 Å². The fourth-order valence-electron chi connectivity index (χ4n) is 2.74. The van der Waals surface area contributed by atoms with Crippen LogP contribution in [0.3, 0.4) is 0 Å². The molecule has 1 saturated heterocycles. The first kappa shape index (κ1) is 23.1. The number of hydrogen-bond acceptors (Lipinski definition) is 6. The number of thiocarbonyl (C=S) groups is 1. The highest BCUT2D eigenvalue weighted by atomic mass is 35.5. The molecule has 31 heavy (non-hydrogen) atoms. The van der Waals surface area contributed by atoms with Gasteiger partial charge < -0.3 is 9.47 Å². The van der Waals surface area contributed by atoms with Gasteiger partial charge in [-0.25, -0.2) is 0 Å². The minimum absolute atomic E-state index is 0.226. The Hall–Kier alpha value is -2.55. The van der Waals surface area contributed by atoms with Gasteiger partial charge in [0.25, 0.3) is 11.8 Å². The smallest absolute Gasteiger partial charge is 0.285 e. The monoisotopic (exact) mass is 476 g/mol. The number of halogens is 1. The van der Waals surface area contributed by atoms with E-state index in [4.69, 9.17) is 33.3 Å². The number of carbonyl (C=O) groups excluding carboxylic acids is 2. The summed E-state index contributed by atoms with van der Waals surface area (Å²) in [4.78, 5) is 25.7. The number of benzene rings is 2. The fraction of sp³-hybridized carbons (Fsp3) is 0.227. The van der Waals surface area contributed by atoms with Gasteiger partial charge >= 0.3 is 0 Å². The van der Waals surface area contributed by atoms with Crippen LogP contribution in [-0.2, 0) is 4.79 Å². The van der Waals surface area contributed by atoms with Crippen molar-refractivity contribution in [3.63, 3.8) is 0 Å². The van der Waals surface area contributed by atoms with E-state index in [1.54, 1.807) is 30.3 Å². The molecule has 1 heterocycles. The van der Waals surface area contributed by atoms with E-state index in [9.17, 15) is 9.59 Å². The van der Waals surface area contributed by atoms with Gasteiger partial charge in [-0.1, -0.05) is 48.5 Å². The Morgan fingerprint density at radius 2 is 1.97 bits per heavy atom. The van der Waals surface area contributed by atoms with Gasteiger partial charge in [-0.05, 0) is 61.5 Å². The highest BCUT2D eigenvalue weighted by molar-refractivity contribution is 8.26. The summed E-state index contributed by atoms with van der Waals surface area (Å²) < 4.78 is 11.6. The van der Waals surface area contributed by atoms with Gasteiger partial charge in [0.2, 0.25) is 0 Å². The van der Waals surface area contributed by atoms with E-state index in [1.807, 2.05) is 32.0 Å². The third-order valence-electron chi connectivity index (χ3n) is 4.15. The van der Waals surface area contributed by atoms with E-state index in [0.29, 0.717) is 29.6 Å². The third-order valence-corrected chi connectivity index (χ3v) is 5.78. The molecule has 6 nitrogen and oxygen atoms in total. The van der Waals surface area contributed by atoms with Crippen molar-refractivity contribution in [3.8, 4) is 11.5 Å². The fourth-order valence-corrected chi connectivity index (χ4v) is 4.14. The number of nitrogens with one attached hydrogen (secondary N) is 1. The number of rotatable bonds is 8. The molecule has 1 aliphatic rings. The maximum absolute atomic E-state index is 12.8. The predicted molar refractivity (Wildman–Crippen MR) is 127 cm³/mol. The van der Waals surface area contributed by atoms with Crippen LogP contribution in [0.15, 0.2) is 47.4 Å². The summed E-state index contributed by atoms with van der Waals surface area (Å²) in [6, 6.07) is 12.0. The molecule has 0 aliphatic carbocycles. The zero-order valence-electron chi connectivity index (χ0n) is 17.0. The van der Waals surface area contributed by atoms with Gasteiger partial charge in [0, 0.05) is 0 Å². The maximum atomic E-state index is 12.8. The first-order chi connectivity index (χ1) is 14.9. The number of nitrogens with zero attached hydrogens (tertiary/aromatic N) is 1. The molecule has 1 N–H and O–H groups in total. The number of carbonyl (C=O) groups is 2. The van der Waals surface area contributed by atoms with Crippen LogP contribution >= 0.6 is 35.6 Å². The number of hydrogen-bond donors (Lipinski definition) is 1. The second-order valence-corrected chi connectivity index (χ2v) is 8.51. The number of hydrazine groups is 1. The van der Waals surface area contributed by atoms with Crippen molar-refractivity contribution >= 4 is 57.8 Å². The Morgan fingerprint density at radius 3 is 2.68 bits per heavy atom. The van der Waals surface area contributed by atoms with E-state index < -0.39 is 11.8 Å². The minimum Gasteiger partial charge on any atom is -0.490 e. The lowest BCUT2D eigenvalue weighted by Crippen LogP contribution is -2.44. The molecular formula is C22H21ClN2O4S2. The Balaban J connectivity index is 1.79. The van der Waals surface area contributed by atoms with E-state index >= 15 is 0 Å². The number of ether oxygens (including phenoxy) is 2. The summed E-state index contributed by atoms with van der Waals surface area (Å²) in [5.41, 5.74) is 3.54. The molecule has 0 bridgehead atoms. The van der Waals surface area contributed by atoms with Crippen LogP contribution < -0.4 is 14.9 Å². The third kappa shape index (κ3) is 5.58. The summed E-state index contributed by atoms with van der Waals surface area (Å²) in [5.74, 6) is 0.325. The molecule has 2 aromatic carbocycles. The Kier molecular flexibility index (Phi) is 7.95. The van der Waals surface area contributed by atoms with Crippen molar-refractivity contribution in [1.82, 2.24) is 10.4 Å². The topological polar surface area (TPSA) is 67.9 Å².